The van der Waals surface area contributed by atoms with E-state index in [1.54, 1.807) is 0 Å². The van der Waals surface area contributed by atoms with Gasteiger partial charge in [-0.25, -0.2) is 4.79 Å². The Balaban J connectivity index is 1.35. The fourth-order valence-electron chi connectivity index (χ4n) is 4.11. The van der Waals surface area contributed by atoms with Gasteiger partial charge >= 0.3 is 6.03 Å². The number of nitrogens with zero attached hydrogens (tertiary/aromatic N) is 2. The molecule has 0 radical (unpaired) electrons. The smallest absolute Gasteiger partial charge is 0.319 e. The van der Waals surface area contributed by atoms with Gasteiger partial charge in [0.25, 0.3) is 0 Å². The summed E-state index contributed by atoms with van der Waals surface area (Å²) < 4.78 is 5.65. The molecular formula is C22H28N4O2. The predicted octanol–water partition coefficient (Wildman–Crippen LogP) is 2.85. The Morgan fingerprint density at radius 3 is 2.71 bits per heavy atom. The van der Waals surface area contributed by atoms with Gasteiger partial charge in [0.15, 0.2) is 0 Å². The number of benzene rings is 1. The summed E-state index contributed by atoms with van der Waals surface area (Å²) in [6.45, 7) is 3.48. The summed E-state index contributed by atoms with van der Waals surface area (Å²) in [6, 6.07) is 14.1. The number of urea groups is 1. The maximum absolute atomic E-state index is 12.6. The van der Waals surface area contributed by atoms with Crippen LogP contribution in [0.3, 0.4) is 0 Å². The molecule has 2 saturated heterocycles. The number of carbonyl (C=O) groups is 1. The van der Waals surface area contributed by atoms with Crippen LogP contribution in [0.5, 0.6) is 0 Å². The van der Waals surface area contributed by atoms with Gasteiger partial charge in [0.05, 0.1) is 25.3 Å². The number of para-hydroxylation sites is 1. The van der Waals surface area contributed by atoms with E-state index in [4.69, 9.17) is 4.74 Å². The maximum Gasteiger partial charge on any atom is 0.319 e. The molecule has 2 amide bonds. The number of likely N-dealkylation sites (tertiary alicyclic amines) is 1. The van der Waals surface area contributed by atoms with E-state index in [0.717, 1.165) is 42.9 Å². The normalized spacial score (nSPS) is 22.3. The van der Waals surface area contributed by atoms with Crippen LogP contribution in [0, 0.1) is 0 Å². The lowest BCUT2D eigenvalue weighted by Gasteiger charge is -2.28. The van der Waals surface area contributed by atoms with Crippen molar-refractivity contribution >= 4 is 11.7 Å². The molecule has 0 unspecified atom stereocenters. The Kier molecular flexibility index (Phi) is 6.19. The number of hydrogen-bond acceptors (Lipinski definition) is 4. The molecule has 0 bridgehead atoms. The van der Waals surface area contributed by atoms with Gasteiger partial charge in [0.2, 0.25) is 0 Å². The molecule has 0 saturated carbocycles. The number of carbonyl (C=O) groups excluding carboxylic acids is 1. The highest BCUT2D eigenvalue weighted by Gasteiger charge is 2.35. The molecule has 148 valence electrons. The summed E-state index contributed by atoms with van der Waals surface area (Å²) in [5.41, 5.74) is 3.02. The van der Waals surface area contributed by atoms with Crippen LogP contribution in [-0.2, 0) is 17.6 Å². The fraction of sp³-hybridized carbons (Fsp3) is 0.455. The number of pyridine rings is 1. The van der Waals surface area contributed by atoms with Crippen molar-refractivity contribution in [3.63, 3.8) is 0 Å². The Hall–Kier alpha value is -2.44. The molecule has 3 heterocycles. The van der Waals surface area contributed by atoms with Crippen LogP contribution in [-0.4, -0.2) is 54.3 Å². The summed E-state index contributed by atoms with van der Waals surface area (Å²) >= 11 is 0. The third-order valence-electron chi connectivity index (χ3n) is 5.62. The lowest BCUT2D eigenvalue weighted by molar-refractivity contribution is 0.159. The second-order valence-electron chi connectivity index (χ2n) is 7.53. The van der Waals surface area contributed by atoms with Gasteiger partial charge in [-0.1, -0.05) is 24.3 Å². The Morgan fingerprint density at radius 2 is 1.89 bits per heavy atom. The summed E-state index contributed by atoms with van der Waals surface area (Å²) in [4.78, 5) is 19.5. The van der Waals surface area contributed by atoms with E-state index in [0.29, 0.717) is 13.2 Å². The van der Waals surface area contributed by atoms with Crippen LogP contribution in [0.2, 0.25) is 0 Å². The topological polar surface area (TPSA) is 66.5 Å². The third-order valence-corrected chi connectivity index (χ3v) is 5.62. The maximum atomic E-state index is 12.6. The second kappa shape index (κ2) is 9.17. The zero-order valence-corrected chi connectivity index (χ0v) is 16.1. The van der Waals surface area contributed by atoms with Gasteiger partial charge in [0, 0.05) is 17.6 Å². The van der Waals surface area contributed by atoms with Crippen LogP contribution in [0.4, 0.5) is 10.5 Å². The lowest BCUT2D eigenvalue weighted by atomic mass is 10.1. The molecule has 2 atom stereocenters. The quantitative estimate of drug-likeness (QED) is 0.809. The molecule has 1 aromatic heterocycles. The Labute approximate surface area is 166 Å². The van der Waals surface area contributed by atoms with Gasteiger partial charge in [-0.3, -0.25) is 9.88 Å². The Bertz CT molecular complexity index is 777. The van der Waals surface area contributed by atoms with Crippen molar-refractivity contribution in [1.29, 1.82) is 0 Å². The van der Waals surface area contributed by atoms with Crippen LogP contribution in [0.1, 0.15) is 24.1 Å². The van der Waals surface area contributed by atoms with Crippen molar-refractivity contribution in [2.75, 3.05) is 31.6 Å². The van der Waals surface area contributed by atoms with Crippen LogP contribution >= 0.6 is 0 Å². The zero-order chi connectivity index (χ0) is 19.2. The van der Waals surface area contributed by atoms with Crippen molar-refractivity contribution in [2.45, 2.75) is 37.8 Å². The SMILES string of the molecule is O=C(Nc1ccccc1CCc1ccccn1)N[C@@H]1COC[C@H]1N1CCCC1. The first kappa shape index (κ1) is 18.9. The summed E-state index contributed by atoms with van der Waals surface area (Å²) in [5, 5.41) is 6.17. The van der Waals surface area contributed by atoms with E-state index in [1.165, 1.54) is 12.8 Å². The second-order valence-corrected chi connectivity index (χ2v) is 7.53. The monoisotopic (exact) mass is 380 g/mol. The molecule has 4 rings (SSSR count). The molecule has 0 spiro atoms. The number of rotatable bonds is 6. The largest absolute Gasteiger partial charge is 0.378 e. The molecule has 2 N–H and O–H groups in total. The molecular weight excluding hydrogens is 352 g/mol. The number of aromatic nitrogens is 1. The number of hydrogen-bond donors (Lipinski definition) is 2. The van der Waals surface area contributed by atoms with E-state index >= 15 is 0 Å². The molecule has 0 aliphatic carbocycles. The van der Waals surface area contributed by atoms with E-state index in [-0.39, 0.29) is 18.1 Å². The van der Waals surface area contributed by atoms with E-state index in [9.17, 15) is 4.79 Å². The van der Waals surface area contributed by atoms with Crippen molar-refractivity contribution in [3.8, 4) is 0 Å². The summed E-state index contributed by atoms with van der Waals surface area (Å²) in [6.07, 6.45) is 5.95. The number of nitrogens with one attached hydrogen (secondary N) is 2. The van der Waals surface area contributed by atoms with Crippen LogP contribution in [0.15, 0.2) is 48.7 Å². The third kappa shape index (κ3) is 4.69. The molecule has 2 aliphatic heterocycles. The van der Waals surface area contributed by atoms with Crippen molar-refractivity contribution in [2.24, 2.45) is 0 Å². The number of amides is 2. The van der Waals surface area contributed by atoms with Gasteiger partial charge in [-0.15, -0.1) is 0 Å². The first-order valence-corrected chi connectivity index (χ1v) is 10.2. The first-order valence-electron chi connectivity index (χ1n) is 10.2. The van der Waals surface area contributed by atoms with Crippen LogP contribution < -0.4 is 10.6 Å². The highest BCUT2D eigenvalue weighted by atomic mass is 16.5. The minimum Gasteiger partial charge on any atom is -0.378 e. The highest BCUT2D eigenvalue weighted by Crippen LogP contribution is 2.20. The minimum absolute atomic E-state index is 0.0405. The zero-order valence-electron chi connectivity index (χ0n) is 16.1. The first-order chi connectivity index (χ1) is 13.8. The number of aryl methyl sites for hydroxylation is 2. The summed E-state index contributed by atoms with van der Waals surface area (Å²) in [7, 11) is 0. The van der Waals surface area contributed by atoms with E-state index in [1.807, 2.05) is 42.6 Å². The van der Waals surface area contributed by atoms with E-state index in [2.05, 4.69) is 26.6 Å². The summed E-state index contributed by atoms with van der Waals surface area (Å²) in [5.74, 6) is 0. The Morgan fingerprint density at radius 1 is 1.07 bits per heavy atom. The lowest BCUT2D eigenvalue weighted by Crippen LogP contribution is -2.51. The van der Waals surface area contributed by atoms with Crippen molar-refractivity contribution < 1.29 is 9.53 Å². The van der Waals surface area contributed by atoms with Gasteiger partial charge in [0.1, 0.15) is 0 Å². The highest BCUT2D eigenvalue weighted by molar-refractivity contribution is 5.90. The minimum atomic E-state index is -0.162. The average Bonchev–Trinajstić information content (AvgIpc) is 3.40. The van der Waals surface area contributed by atoms with Crippen molar-refractivity contribution in [3.05, 3.63) is 59.9 Å². The standard InChI is InChI=1S/C22H28N4O2/c27-22(25-20-15-28-16-21(20)26-13-5-6-14-26)24-19-9-2-1-7-17(19)10-11-18-8-3-4-12-23-18/h1-4,7-9,12,20-21H,5-6,10-11,13-16H2,(H2,24,25,27)/t20-,21-/m1/s1. The molecule has 2 aromatic rings. The molecule has 2 fully saturated rings. The average molecular weight is 380 g/mol. The predicted molar refractivity (Wildman–Crippen MR) is 109 cm³/mol. The van der Waals surface area contributed by atoms with E-state index < -0.39 is 0 Å². The van der Waals surface area contributed by atoms with Gasteiger partial charge in [-0.2, -0.15) is 0 Å². The fourth-order valence-corrected chi connectivity index (χ4v) is 4.11. The molecule has 1 aromatic carbocycles. The van der Waals surface area contributed by atoms with Crippen molar-refractivity contribution in [1.82, 2.24) is 15.2 Å². The van der Waals surface area contributed by atoms with Crippen LogP contribution in [0.25, 0.3) is 0 Å². The molecule has 6 heteroatoms. The van der Waals surface area contributed by atoms with Gasteiger partial charge in [-0.05, 0) is 62.5 Å². The molecule has 6 nitrogen and oxygen atoms in total. The number of anilines is 1. The number of ether oxygens (including phenoxy) is 1. The van der Waals surface area contributed by atoms with Gasteiger partial charge < -0.3 is 15.4 Å². The molecule has 28 heavy (non-hydrogen) atoms. The molecule has 2 aliphatic rings.